The highest BCUT2D eigenvalue weighted by molar-refractivity contribution is 5.79. The quantitative estimate of drug-likeness (QED) is 0.317. The third kappa shape index (κ3) is 4.64. The highest BCUT2D eigenvalue weighted by atomic mass is 19.4. The van der Waals surface area contributed by atoms with E-state index in [1.54, 1.807) is 24.3 Å². The van der Waals surface area contributed by atoms with Crippen molar-refractivity contribution in [3.8, 4) is 34.0 Å². The summed E-state index contributed by atoms with van der Waals surface area (Å²) in [5, 5.41) is 10.6. The number of hydrogen-bond acceptors (Lipinski definition) is 3. The van der Waals surface area contributed by atoms with E-state index >= 15 is 0 Å². The van der Waals surface area contributed by atoms with E-state index in [9.17, 15) is 27.1 Å². The van der Waals surface area contributed by atoms with Gasteiger partial charge in [-0.1, -0.05) is 36.4 Å². The molecule has 1 heterocycles. The van der Waals surface area contributed by atoms with Crippen molar-refractivity contribution in [3.63, 3.8) is 0 Å². The molecule has 0 atom stereocenters. The van der Waals surface area contributed by atoms with Crippen LogP contribution in [0.4, 0.5) is 22.0 Å². The summed E-state index contributed by atoms with van der Waals surface area (Å²) in [5.41, 5.74) is -1.88. The van der Waals surface area contributed by atoms with Gasteiger partial charge in [-0.3, -0.25) is 4.57 Å². The minimum atomic E-state index is -4.67. The van der Waals surface area contributed by atoms with E-state index in [-0.39, 0.29) is 39.6 Å². The summed E-state index contributed by atoms with van der Waals surface area (Å²) < 4.78 is 76.8. The van der Waals surface area contributed by atoms with Gasteiger partial charge in [0.1, 0.15) is 17.2 Å². The Balaban J connectivity index is 2.06. The van der Waals surface area contributed by atoms with Gasteiger partial charge in [-0.05, 0) is 32.0 Å². The van der Waals surface area contributed by atoms with E-state index < -0.39 is 29.0 Å². The number of ether oxygens (including phenoxy) is 1. The van der Waals surface area contributed by atoms with Gasteiger partial charge in [0.25, 0.3) is 0 Å². The van der Waals surface area contributed by atoms with Gasteiger partial charge in [-0.15, -0.1) is 0 Å². The van der Waals surface area contributed by atoms with Gasteiger partial charge in [0.2, 0.25) is 0 Å². The molecule has 0 saturated carbocycles. The third-order valence-corrected chi connectivity index (χ3v) is 5.47. The van der Waals surface area contributed by atoms with Crippen LogP contribution in [-0.4, -0.2) is 21.8 Å². The van der Waals surface area contributed by atoms with E-state index in [2.05, 4.69) is 4.98 Å². The number of para-hydroxylation sites is 1. The van der Waals surface area contributed by atoms with Crippen LogP contribution in [0.2, 0.25) is 0 Å². The molecular formula is C26H21F5N2O2. The Morgan fingerprint density at radius 2 is 1.51 bits per heavy atom. The van der Waals surface area contributed by atoms with Crippen LogP contribution in [0.3, 0.4) is 0 Å². The third-order valence-electron chi connectivity index (χ3n) is 5.47. The van der Waals surface area contributed by atoms with Crippen LogP contribution in [-0.2, 0) is 11.8 Å². The van der Waals surface area contributed by atoms with Crippen molar-refractivity contribution in [2.45, 2.75) is 25.6 Å². The first kappa shape index (κ1) is 24.4. The van der Waals surface area contributed by atoms with Crippen molar-refractivity contribution in [1.82, 2.24) is 9.55 Å². The zero-order valence-electron chi connectivity index (χ0n) is 19.0. The number of methoxy groups -OCH3 is 1. The molecule has 9 heteroatoms. The molecule has 35 heavy (non-hydrogen) atoms. The molecule has 0 aliphatic heterocycles. The molecule has 4 rings (SSSR count). The second kappa shape index (κ2) is 8.81. The molecule has 0 amide bonds. The first-order valence-electron chi connectivity index (χ1n) is 10.5. The number of aromatic nitrogens is 2. The summed E-state index contributed by atoms with van der Waals surface area (Å²) in [6.45, 7) is 2.91. The highest BCUT2D eigenvalue weighted by Crippen LogP contribution is 2.41. The maximum atomic E-state index is 14.5. The molecule has 4 aromatic rings. The molecule has 0 bridgehead atoms. The van der Waals surface area contributed by atoms with E-state index in [0.717, 1.165) is 12.1 Å². The maximum absolute atomic E-state index is 14.5. The fourth-order valence-corrected chi connectivity index (χ4v) is 3.85. The molecule has 4 nitrogen and oxygen atoms in total. The maximum Gasteiger partial charge on any atom is 0.417 e. The van der Waals surface area contributed by atoms with Crippen molar-refractivity contribution in [2.75, 3.05) is 7.11 Å². The Morgan fingerprint density at radius 3 is 2.14 bits per heavy atom. The van der Waals surface area contributed by atoms with Crippen molar-refractivity contribution >= 4 is 0 Å². The Morgan fingerprint density at radius 1 is 0.886 bits per heavy atom. The number of alkyl halides is 3. The Labute approximate surface area is 198 Å². The number of aliphatic hydroxyl groups is 1. The molecule has 0 aliphatic carbocycles. The topological polar surface area (TPSA) is 47.3 Å². The number of nitrogens with zero attached hydrogens (tertiary/aromatic N) is 2. The number of benzene rings is 3. The fourth-order valence-electron chi connectivity index (χ4n) is 3.85. The predicted molar refractivity (Wildman–Crippen MR) is 121 cm³/mol. The minimum absolute atomic E-state index is 0.0640. The number of halogens is 5. The SMILES string of the molecule is COc1c(F)cc(F)cc1-c1ccccc1-n1cc(C(C)(C)O)nc1-c1ccccc1C(F)(F)F. The van der Waals surface area contributed by atoms with E-state index in [1.165, 1.54) is 49.9 Å². The zero-order valence-corrected chi connectivity index (χ0v) is 19.0. The number of imidazole rings is 1. The summed E-state index contributed by atoms with van der Waals surface area (Å²) in [6, 6.07) is 13.1. The minimum Gasteiger partial charge on any atom is -0.493 e. The molecule has 3 aromatic carbocycles. The van der Waals surface area contributed by atoms with Gasteiger partial charge in [0.05, 0.1) is 24.1 Å². The lowest BCUT2D eigenvalue weighted by atomic mass is 10.0. The monoisotopic (exact) mass is 488 g/mol. The van der Waals surface area contributed by atoms with Gasteiger partial charge in [-0.25, -0.2) is 13.8 Å². The van der Waals surface area contributed by atoms with Crippen LogP contribution in [0.15, 0.2) is 66.9 Å². The standard InChI is InChI=1S/C26H21F5N2O2/c1-25(2,34)22-14-33(24(32-22)17-9-4-6-10-19(17)26(29,30)31)21-11-7-5-8-16(21)18-12-15(27)13-20(28)23(18)35-3/h4-14,34H,1-3H3. The summed E-state index contributed by atoms with van der Waals surface area (Å²) >= 11 is 0. The molecule has 182 valence electrons. The van der Waals surface area contributed by atoms with Gasteiger partial charge in [-0.2, -0.15) is 13.2 Å². The molecule has 0 radical (unpaired) electrons. The van der Waals surface area contributed by atoms with Gasteiger partial charge >= 0.3 is 6.18 Å². The van der Waals surface area contributed by atoms with E-state index in [0.29, 0.717) is 6.07 Å². The van der Waals surface area contributed by atoms with Crippen LogP contribution in [0.1, 0.15) is 25.1 Å². The van der Waals surface area contributed by atoms with Crippen molar-refractivity contribution in [3.05, 3.63) is 89.8 Å². The average Bonchev–Trinajstić information content (AvgIpc) is 3.24. The Hall–Kier alpha value is -3.72. The van der Waals surface area contributed by atoms with E-state index in [4.69, 9.17) is 4.74 Å². The van der Waals surface area contributed by atoms with Gasteiger partial charge in [0.15, 0.2) is 11.6 Å². The van der Waals surface area contributed by atoms with Crippen LogP contribution in [0.25, 0.3) is 28.2 Å². The van der Waals surface area contributed by atoms with Crippen molar-refractivity contribution in [1.29, 1.82) is 0 Å². The lowest BCUT2D eigenvalue weighted by molar-refractivity contribution is -0.137. The van der Waals surface area contributed by atoms with Crippen LogP contribution in [0.5, 0.6) is 5.75 Å². The Kier molecular flexibility index (Phi) is 6.14. The number of rotatable bonds is 5. The summed E-state index contributed by atoms with van der Waals surface area (Å²) in [5.74, 6) is -2.10. The fraction of sp³-hybridized carbons (Fsp3) is 0.192. The summed E-state index contributed by atoms with van der Waals surface area (Å²) in [7, 11) is 1.23. The molecular weight excluding hydrogens is 467 g/mol. The van der Waals surface area contributed by atoms with Gasteiger partial charge in [0, 0.05) is 29.0 Å². The first-order chi connectivity index (χ1) is 16.4. The lowest BCUT2D eigenvalue weighted by Gasteiger charge is -2.18. The highest BCUT2D eigenvalue weighted by Gasteiger charge is 2.35. The summed E-state index contributed by atoms with van der Waals surface area (Å²) in [4.78, 5) is 4.35. The molecule has 1 N–H and O–H groups in total. The van der Waals surface area contributed by atoms with Crippen LogP contribution in [0, 0.1) is 11.6 Å². The summed E-state index contributed by atoms with van der Waals surface area (Å²) in [6.07, 6.45) is -3.26. The number of hydrogen-bond donors (Lipinski definition) is 1. The molecule has 0 aliphatic rings. The van der Waals surface area contributed by atoms with Crippen molar-refractivity contribution < 1.29 is 31.8 Å². The normalized spacial score (nSPS) is 12.1. The first-order valence-corrected chi connectivity index (χ1v) is 10.5. The molecule has 1 aromatic heterocycles. The zero-order chi connectivity index (χ0) is 25.5. The second-order valence-corrected chi connectivity index (χ2v) is 8.41. The van der Waals surface area contributed by atoms with Crippen molar-refractivity contribution in [2.24, 2.45) is 0 Å². The second-order valence-electron chi connectivity index (χ2n) is 8.41. The lowest BCUT2D eigenvalue weighted by Crippen LogP contribution is -2.15. The van der Waals surface area contributed by atoms with E-state index in [1.807, 2.05) is 0 Å². The van der Waals surface area contributed by atoms with Gasteiger partial charge < -0.3 is 9.84 Å². The largest absolute Gasteiger partial charge is 0.493 e. The molecule has 0 unspecified atom stereocenters. The molecule has 0 fully saturated rings. The molecule has 0 saturated heterocycles. The average molecular weight is 488 g/mol. The predicted octanol–water partition coefficient (Wildman–Crippen LogP) is 6.74. The smallest absolute Gasteiger partial charge is 0.417 e. The van der Waals surface area contributed by atoms with Crippen LogP contribution < -0.4 is 4.74 Å². The van der Waals surface area contributed by atoms with Crippen LogP contribution >= 0.6 is 0 Å². The molecule has 0 spiro atoms. The Bertz CT molecular complexity index is 1390.